The highest BCUT2D eigenvalue weighted by Crippen LogP contribution is 2.13. The largest absolute Gasteiger partial charge is 0.338 e. The van der Waals surface area contributed by atoms with E-state index in [4.69, 9.17) is 9.78 Å². The van der Waals surface area contributed by atoms with Gasteiger partial charge in [-0.2, -0.15) is 10.2 Å². The molecule has 0 radical (unpaired) electrons. The molecule has 0 fully saturated rings. The molecule has 0 amide bonds. The molecule has 2 aromatic heterocycles. The summed E-state index contributed by atoms with van der Waals surface area (Å²) in [5.74, 6) is 0.777. The van der Waals surface area contributed by atoms with Gasteiger partial charge >= 0.3 is 0 Å². The van der Waals surface area contributed by atoms with Crippen LogP contribution in [0.2, 0.25) is 0 Å². The minimum absolute atomic E-state index is 0.130. The fourth-order valence-electron chi connectivity index (χ4n) is 1.07. The highest BCUT2D eigenvalue weighted by molar-refractivity contribution is 5.47. The molecule has 0 aromatic carbocycles. The number of hydrogen-bond donors (Lipinski definition) is 0. The van der Waals surface area contributed by atoms with Gasteiger partial charge in [0.2, 0.25) is 11.7 Å². The van der Waals surface area contributed by atoms with Crippen LogP contribution in [0.25, 0.3) is 11.5 Å². The van der Waals surface area contributed by atoms with Crippen molar-refractivity contribution in [2.24, 2.45) is 7.05 Å². The van der Waals surface area contributed by atoms with Crippen molar-refractivity contribution >= 4 is 0 Å². The van der Waals surface area contributed by atoms with Crippen LogP contribution in [0.5, 0.6) is 0 Å². The Balaban J connectivity index is 2.35. The van der Waals surface area contributed by atoms with Gasteiger partial charge in [0.1, 0.15) is 12.1 Å². The number of rotatable bonds is 2. The van der Waals surface area contributed by atoms with E-state index in [0.717, 1.165) is 5.69 Å². The number of nitrogens with zero attached hydrogens (tertiary/aromatic N) is 5. The van der Waals surface area contributed by atoms with Crippen molar-refractivity contribution in [1.82, 2.24) is 19.7 Å². The van der Waals surface area contributed by atoms with E-state index in [1.807, 2.05) is 13.1 Å². The SMILES string of the molecule is Cn1cncc1-c1noc(CC#N)n1. The Morgan fingerprint density at radius 1 is 1.64 bits per heavy atom. The topological polar surface area (TPSA) is 80.5 Å². The van der Waals surface area contributed by atoms with Crippen molar-refractivity contribution in [1.29, 1.82) is 5.26 Å². The summed E-state index contributed by atoms with van der Waals surface area (Å²) in [6, 6.07) is 1.94. The van der Waals surface area contributed by atoms with Gasteiger partial charge in [0.05, 0.1) is 18.6 Å². The monoisotopic (exact) mass is 189 g/mol. The molecule has 0 N–H and O–H groups in total. The summed E-state index contributed by atoms with van der Waals surface area (Å²) < 4.78 is 6.64. The maximum atomic E-state index is 8.42. The molecule has 2 aromatic rings. The van der Waals surface area contributed by atoms with E-state index in [0.29, 0.717) is 11.7 Å². The van der Waals surface area contributed by atoms with E-state index >= 15 is 0 Å². The van der Waals surface area contributed by atoms with E-state index in [1.54, 1.807) is 17.1 Å². The molecule has 0 aliphatic heterocycles. The molecule has 0 spiro atoms. The third kappa shape index (κ3) is 1.35. The van der Waals surface area contributed by atoms with Crippen molar-refractivity contribution in [3.63, 3.8) is 0 Å². The summed E-state index contributed by atoms with van der Waals surface area (Å²) in [7, 11) is 1.84. The summed E-state index contributed by atoms with van der Waals surface area (Å²) in [6.45, 7) is 0. The number of aromatic nitrogens is 4. The van der Waals surface area contributed by atoms with Gasteiger partial charge in [-0.15, -0.1) is 0 Å². The van der Waals surface area contributed by atoms with Gasteiger partial charge in [0.15, 0.2) is 0 Å². The number of hydrogen-bond acceptors (Lipinski definition) is 5. The van der Waals surface area contributed by atoms with Crippen molar-refractivity contribution in [3.8, 4) is 17.6 Å². The smallest absolute Gasteiger partial charge is 0.241 e. The maximum Gasteiger partial charge on any atom is 0.241 e. The summed E-state index contributed by atoms with van der Waals surface area (Å²) in [6.07, 6.45) is 3.42. The van der Waals surface area contributed by atoms with E-state index in [1.165, 1.54) is 0 Å². The second-order valence-electron chi connectivity index (χ2n) is 2.74. The third-order valence-electron chi connectivity index (χ3n) is 1.74. The van der Waals surface area contributed by atoms with Gasteiger partial charge < -0.3 is 9.09 Å². The molecule has 0 saturated heterocycles. The first-order valence-corrected chi connectivity index (χ1v) is 3.97. The highest BCUT2D eigenvalue weighted by Gasteiger charge is 2.10. The predicted molar refractivity (Wildman–Crippen MR) is 45.8 cm³/mol. The standard InChI is InChI=1S/C8H7N5O/c1-13-5-10-4-6(13)8-11-7(2-3-9)14-12-8/h4-5H,2H2,1H3. The van der Waals surface area contributed by atoms with E-state index in [-0.39, 0.29) is 6.42 Å². The zero-order chi connectivity index (χ0) is 9.97. The van der Waals surface area contributed by atoms with Crippen molar-refractivity contribution < 1.29 is 4.52 Å². The van der Waals surface area contributed by atoms with Crippen molar-refractivity contribution in [3.05, 3.63) is 18.4 Å². The predicted octanol–water partition coefficient (Wildman–Crippen LogP) is 0.536. The second-order valence-corrected chi connectivity index (χ2v) is 2.74. The normalized spacial score (nSPS) is 10.0. The molecular weight excluding hydrogens is 182 g/mol. The van der Waals surface area contributed by atoms with Crippen LogP contribution in [-0.2, 0) is 13.5 Å². The Morgan fingerprint density at radius 2 is 2.50 bits per heavy atom. The molecule has 6 heteroatoms. The van der Waals surface area contributed by atoms with Crippen molar-refractivity contribution in [2.45, 2.75) is 6.42 Å². The van der Waals surface area contributed by atoms with E-state index in [9.17, 15) is 0 Å². The van der Waals surface area contributed by atoms with Gasteiger partial charge in [0, 0.05) is 7.05 Å². The average molecular weight is 189 g/mol. The highest BCUT2D eigenvalue weighted by atomic mass is 16.5. The molecule has 0 aliphatic rings. The lowest BCUT2D eigenvalue weighted by Gasteiger charge is -1.92. The molecule has 2 heterocycles. The summed E-state index contributed by atoms with van der Waals surface area (Å²) >= 11 is 0. The molecule has 14 heavy (non-hydrogen) atoms. The van der Waals surface area contributed by atoms with Crippen LogP contribution in [0.1, 0.15) is 5.89 Å². The maximum absolute atomic E-state index is 8.42. The number of aryl methyl sites for hydroxylation is 1. The molecule has 6 nitrogen and oxygen atoms in total. The number of nitriles is 1. The number of imidazole rings is 1. The second kappa shape index (κ2) is 3.30. The minimum Gasteiger partial charge on any atom is -0.338 e. The van der Waals surface area contributed by atoms with Crippen LogP contribution < -0.4 is 0 Å². The Hall–Kier alpha value is -2.16. The molecule has 0 atom stereocenters. The molecule has 0 saturated carbocycles. The lowest BCUT2D eigenvalue weighted by Crippen LogP contribution is -1.91. The van der Waals surface area contributed by atoms with Crippen molar-refractivity contribution in [2.75, 3.05) is 0 Å². The quantitative estimate of drug-likeness (QED) is 0.688. The third-order valence-corrected chi connectivity index (χ3v) is 1.74. The van der Waals surface area contributed by atoms with Gasteiger partial charge in [-0.25, -0.2) is 4.98 Å². The van der Waals surface area contributed by atoms with Crippen LogP contribution in [0.4, 0.5) is 0 Å². The van der Waals surface area contributed by atoms with Crippen LogP contribution in [0.3, 0.4) is 0 Å². The average Bonchev–Trinajstić information content (AvgIpc) is 2.74. The van der Waals surface area contributed by atoms with Crippen LogP contribution >= 0.6 is 0 Å². The molecule has 0 unspecified atom stereocenters. The molecule has 0 aliphatic carbocycles. The fraction of sp³-hybridized carbons (Fsp3) is 0.250. The Labute approximate surface area is 79.8 Å². The molecular formula is C8H7N5O. The Morgan fingerprint density at radius 3 is 3.14 bits per heavy atom. The molecule has 0 bridgehead atoms. The van der Waals surface area contributed by atoms with E-state index in [2.05, 4.69) is 15.1 Å². The molecule has 70 valence electrons. The minimum atomic E-state index is 0.130. The summed E-state index contributed by atoms with van der Waals surface area (Å²) in [5, 5.41) is 12.2. The van der Waals surface area contributed by atoms with Crippen LogP contribution in [0.15, 0.2) is 17.0 Å². The van der Waals surface area contributed by atoms with Gasteiger partial charge in [-0.1, -0.05) is 5.16 Å². The first kappa shape index (κ1) is 8.44. The van der Waals surface area contributed by atoms with Gasteiger partial charge in [0.25, 0.3) is 0 Å². The fourth-order valence-corrected chi connectivity index (χ4v) is 1.07. The van der Waals surface area contributed by atoms with Crippen LogP contribution in [0, 0.1) is 11.3 Å². The first-order valence-electron chi connectivity index (χ1n) is 3.97. The first-order chi connectivity index (χ1) is 6.81. The molecule has 2 rings (SSSR count). The summed E-state index contributed by atoms with van der Waals surface area (Å²) in [4.78, 5) is 7.97. The zero-order valence-corrected chi connectivity index (χ0v) is 7.51. The van der Waals surface area contributed by atoms with Crippen LogP contribution in [-0.4, -0.2) is 19.7 Å². The Kier molecular flexibility index (Phi) is 1.99. The van der Waals surface area contributed by atoms with Gasteiger partial charge in [-0.3, -0.25) is 0 Å². The Bertz CT molecular complexity index is 478. The summed E-state index contributed by atoms with van der Waals surface area (Å²) in [5.41, 5.74) is 0.762. The lowest BCUT2D eigenvalue weighted by atomic mass is 10.4. The zero-order valence-electron chi connectivity index (χ0n) is 7.51. The van der Waals surface area contributed by atoms with E-state index < -0.39 is 0 Å². The lowest BCUT2D eigenvalue weighted by molar-refractivity contribution is 0.387. The van der Waals surface area contributed by atoms with Gasteiger partial charge in [-0.05, 0) is 0 Å².